The van der Waals surface area contributed by atoms with Crippen molar-refractivity contribution in [1.82, 2.24) is 10.6 Å². The van der Waals surface area contributed by atoms with E-state index in [9.17, 15) is 4.79 Å². The number of halogens is 2. The lowest BCUT2D eigenvalue weighted by Gasteiger charge is -2.31. The topological polar surface area (TPSA) is 50.4 Å². The quantitative estimate of drug-likeness (QED) is 0.838. The van der Waals surface area contributed by atoms with Crippen LogP contribution in [-0.4, -0.2) is 31.7 Å². The maximum Gasteiger partial charge on any atom is 0.224 e. The van der Waals surface area contributed by atoms with E-state index in [1.54, 1.807) is 6.07 Å². The Hall–Kier alpha value is -1.59. The number of rotatable bonds is 5. The highest BCUT2D eigenvalue weighted by Gasteiger charge is 2.23. The van der Waals surface area contributed by atoms with Gasteiger partial charge in [-0.3, -0.25) is 4.79 Å². The number of amides is 1. The van der Waals surface area contributed by atoms with Gasteiger partial charge in [0, 0.05) is 13.1 Å². The van der Waals surface area contributed by atoms with Gasteiger partial charge in [-0.05, 0) is 23.3 Å². The summed E-state index contributed by atoms with van der Waals surface area (Å²) in [6, 6.07) is 15.3. The van der Waals surface area contributed by atoms with Gasteiger partial charge in [0.2, 0.25) is 5.91 Å². The molecule has 1 saturated heterocycles. The second-order valence-electron chi connectivity index (χ2n) is 6.06. The molecule has 132 valence electrons. The van der Waals surface area contributed by atoms with E-state index in [2.05, 4.69) is 10.6 Å². The molecular formula is C19H20Cl2N2O2. The minimum absolute atomic E-state index is 0.00130. The summed E-state index contributed by atoms with van der Waals surface area (Å²) in [4.78, 5) is 12.0. The van der Waals surface area contributed by atoms with Crippen LogP contribution in [0.4, 0.5) is 0 Å². The minimum atomic E-state index is -0.0428. The molecule has 0 aliphatic carbocycles. The summed E-state index contributed by atoms with van der Waals surface area (Å²) >= 11 is 12.0. The number of nitrogens with one attached hydrogen (secondary N) is 2. The normalized spacial score (nSPS) is 20.2. The van der Waals surface area contributed by atoms with Crippen molar-refractivity contribution in [2.45, 2.75) is 18.6 Å². The van der Waals surface area contributed by atoms with E-state index in [0.717, 1.165) is 11.1 Å². The third kappa shape index (κ3) is 5.19. The highest BCUT2D eigenvalue weighted by molar-refractivity contribution is 6.42. The zero-order chi connectivity index (χ0) is 17.6. The molecule has 0 bridgehead atoms. The van der Waals surface area contributed by atoms with Gasteiger partial charge in [-0.1, -0.05) is 59.6 Å². The van der Waals surface area contributed by atoms with Gasteiger partial charge in [0.25, 0.3) is 0 Å². The molecule has 1 fully saturated rings. The third-order valence-corrected chi connectivity index (χ3v) is 4.91. The van der Waals surface area contributed by atoms with E-state index in [4.69, 9.17) is 27.9 Å². The van der Waals surface area contributed by atoms with Crippen LogP contribution in [0.2, 0.25) is 10.0 Å². The number of morpholine rings is 1. The summed E-state index contributed by atoms with van der Waals surface area (Å²) in [6.45, 7) is 1.68. The van der Waals surface area contributed by atoms with Crippen LogP contribution in [0.5, 0.6) is 0 Å². The number of ether oxygens (including phenoxy) is 1. The molecule has 0 spiro atoms. The second-order valence-corrected chi connectivity index (χ2v) is 6.87. The fourth-order valence-corrected chi connectivity index (χ4v) is 3.08. The molecule has 4 nitrogen and oxygen atoms in total. The molecule has 2 aromatic carbocycles. The number of hydrogen-bond donors (Lipinski definition) is 2. The molecule has 6 heteroatoms. The van der Waals surface area contributed by atoms with Crippen LogP contribution in [-0.2, 0) is 16.0 Å². The number of carbonyl (C=O) groups excluding carboxylic acids is 1. The summed E-state index contributed by atoms with van der Waals surface area (Å²) in [5.74, 6) is 0.00130. The van der Waals surface area contributed by atoms with Crippen LogP contribution >= 0.6 is 23.2 Å². The fraction of sp³-hybridized carbons (Fsp3) is 0.316. The number of carbonyl (C=O) groups is 1. The van der Waals surface area contributed by atoms with E-state index in [0.29, 0.717) is 36.2 Å². The van der Waals surface area contributed by atoms with Crippen LogP contribution in [0.15, 0.2) is 48.5 Å². The maximum absolute atomic E-state index is 12.0. The Morgan fingerprint density at radius 2 is 1.96 bits per heavy atom. The average molecular weight is 379 g/mol. The molecule has 1 aliphatic heterocycles. The first kappa shape index (κ1) is 18.2. The summed E-state index contributed by atoms with van der Waals surface area (Å²) in [7, 11) is 0. The van der Waals surface area contributed by atoms with Crippen molar-refractivity contribution in [2.75, 3.05) is 19.7 Å². The van der Waals surface area contributed by atoms with Crippen molar-refractivity contribution in [3.8, 4) is 0 Å². The Bertz CT molecular complexity index is 717. The SMILES string of the molecule is O=C(Cc1ccccc1)NCC1CNC(c2ccc(Cl)c(Cl)c2)CO1. The molecule has 2 N–H and O–H groups in total. The zero-order valence-corrected chi connectivity index (χ0v) is 15.2. The van der Waals surface area contributed by atoms with Crippen molar-refractivity contribution in [3.05, 3.63) is 69.7 Å². The van der Waals surface area contributed by atoms with Crippen molar-refractivity contribution >= 4 is 29.1 Å². The molecule has 3 rings (SSSR count). The molecule has 1 aliphatic rings. The molecular weight excluding hydrogens is 359 g/mol. The van der Waals surface area contributed by atoms with Gasteiger partial charge < -0.3 is 15.4 Å². The van der Waals surface area contributed by atoms with Crippen molar-refractivity contribution in [1.29, 1.82) is 0 Å². The van der Waals surface area contributed by atoms with Crippen molar-refractivity contribution < 1.29 is 9.53 Å². The highest BCUT2D eigenvalue weighted by atomic mass is 35.5. The summed E-state index contributed by atoms with van der Waals surface area (Å²) in [5, 5.41) is 7.44. The van der Waals surface area contributed by atoms with Gasteiger partial charge in [0.05, 0.1) is 35.2 Å². The van der Waals surface area contributed by atoms with Crippen molar-refractivity contribution in [2.24, 2.45) is 0 Å². The van der Waals surface area contributed by atoms with Crippen molar-refractivity contribution in [3.63, 3.8) is 0 Å². The van der Waals surface area contributed by atoms with Crippen LogP contribution in [0.25, 0.3) is 0 Å². The first-order valence-corrected chi connectivity index (χ1v) is 8.98. The first-order valence-electron chi connectivity index (χ1n) is 8.22. The van der Waals surface area contributed by atoms with Gasteiger partial charge in [-0.25, -0.2) is 0 Å². The van der Waals surface area contributed by atoms with Gasteiger partial charge >= 0.3 is 0 Å². The molecule has 1 heterocycles. The second kappa shape index (κ2) is 8.68. The standard InChI is InChI=1S/C19H20Cl2N2O2/c20-16-7-6-14(9-17(16)21)18-12-25-15(10-22-18)11-23-19(24)8-13-4-2-1-3-5-13/h1-7,9,15,18,22H,8,10-12H2,(H,23,24). The molecule has 25 heavy (non-hydrogen) atoms. The lowest BCUT2D eigenvalue weighted by atomic mass is 10.1. The molecule has 0 aromatic heterocycles. The lowest BCUT2D eigenvalue weighted by molar-refractivity contribution is -0.121. The van der Waals surface area contributed by atoms with E-state index in [-0.39, 0.29) is 18.1 Å². The van der Waals surface area contributed by atoms with Crippen LogP contribution in [0, 0.1) is 0 Å². The van der Waals surface area contributed by atoms with Crippen LogP contribution in [0.1, 0.15) is 17.2 Å². The van der Waals surface area contributed by atoms with E-state index in [1.807, 2.05) is 42.5 Å². The Morgan fingerprint density at radius 1 is 1.16 bits per heavy atom. The molecule has 2 aromatic rings. The Kier molecular flexibility index (Phi) is 6.32. The smallest absolute Gasteiger partial charge is 0.224 e. The van der Waals surface area contributed by atoms with Gasteiger partial charge in [-0.2, -0.15) is 0 Å². The maximum atomic E-state index is 12.0. The average Bonchev–Trinajstić information content (AvgIpc) is 2.64. The predicted octanol–water partition coefficient (Wildman–Crippen LogP) is 3.38. The van der Waals surface area contributed by atoms with Crippen LogP contribution < -0.4 is 10.6 Å². The zero-order valence-electron chi connectivity index (χ0n) is 13.7. The Labute approximate surface area is 157 Å². The molecule has 2 unspecified atom stereocenters. The summed E-state index contributed by atoms with van der Waals surface area (Å²) in [6.07, 6.45) is 0.339. The van der Waals surface area contributed by atoms with E-state index < -0.39 is 0 Å². The third-order valence-electron chi connectivity index (χ3n) is 4.17. The van der Waals surface area contributed by atoms with E-state index in [1.165, 1.54) is 0 Å². The Balaban J connectivity index is 1.43. The minimum Gasteiger partial charge on any atom is -0.373 e. The molecule has 2 atom stereocenters. The first-order chi connectivity index (χ1) is 12.1. The summed E-state index contributed by atoms with van der Waals surface area (Å²) in [5.41, 5.74) is 2.04. The van der Waals surface area contributed by atoms with Gasteiger partial charge in [0.15, 0.2) is 0 Å². The van der Waals surface area contributed by atoms with Gasteiger partial charge in [-0.15, -0.1) is 0 Å². The molecule has 0 saturated carbocycles. The largest absolute Gasteiger partial charge is 0.373 e. The molecule has 1 amide bonds. The van der Waals surface area contributed by atoms with Gasteiger partial charge in [0.1, 0.15) is 0 Å². The van der Waals surface area contributed by atoms with E-state index >= 15 is 0 Å². The predicted molar refractivity (Wildman–Crippen MR) is 100 cm³/mol. The highest BCUT2D eigenvalue weighted by Crippen LogP contribution is 2.26. The number of hydrogen-bond acceptors (Lipinski definition) is 3. The number of benzene rings is 2. The monoisotopic (exact) mass is 378 g/mol. The summed E-state index contributed by atoms with van der Waals surface area (Å²) < 4.78 is 5.86. The lowest BCUT2D eigenvalue weighted by Crippen LogP contribution is -2.46. The fourth-order valence-electron chi connectivity index (χ4n) is 2.77. The van der Waals surface area contributed by atoms with Crippen LogP contribution in [0.3, 0.4) is 0 Å². The molecule has 0 radical (unpaired) electrons. The Morgan fingerprint density at radius 3 is 2.64 bits per heavy atom.